The summed E-state index contributed by atoms with van der Waals surface area (Å²) in [5, 5.41) is 11.9. The summed E-state index contributed by atoms with van der Waals surface area (Å²) in [5.74, 6) is -0.388. The fraction of sp³-hybridized carbons (Fsp3) is 0.600. The fourth-order valence-electron chi connectivity index (χ4n) is 1.88. The summed E-state index contributed by atoms with van der Waals surface area (Å²) in [7, 11) is -3.02. The molecule has 8 heteroatoms. The predicted octanol–water partition coefficient (Wildman–Crippen LogP) is -0.0763. The van der Waals surface area contributed by atoms with E-state index >= 15 is 0 Å². The molecule has 1 unspecified atom stereocenters. The maximum atomic E-state index is 11.6. The predicted molar refractivity (Wildman–Crippen MR) is 62.2 cm³/mol. The average molecular weight is 274 g/mol. The molecule has 1 N–H and O–H groups in total. The van der Waals surface area contributed by atoms with Crippen molar-refractivity contribution in [2.75, 3.05) is 12.4 Å². The Morgan fingerprint density at radius 3 is 3.00 bits per heavy atom. The highest BCUT2D eigenvalue weighted by Gasteiger charge is 2.31. The SMILES string of the molecule is O=C(O)Cn1cc(OCC2CCCS2(=O)=O)cn1. The van der Waals surface area contributed by atoms with Gasteiger partial charge in [-0.15, -0.1) is 0 Å². The third kappa shape index (κ3) is 3.00. The van der Waals surface area contributed by atoms with E-state index in [2.05, 4.69) is 5.10 Å². The summed E-state index contributed by atoms with van der Waals surface area (Å²) >= 11 is 0. The van der Waals surface area contributed by atoms with Crippen LogP contribution in [0.15, 0.2) is 12.4 Å². The average Bonchev–Trinajstić information content (AvgIpc) is 2.81. The van der Waals surface area contributed by atoms with E-state index in [1.807, 2.05) is 0 Å². The van der Waals surface area contributed by atoms with Gasteiger partial charge in [-0.2, -0.15) is 5.10 Å². The number of hydrogen-bond donors (Lipinski definition) is 1. The minimum Gasteiger partial charge on any atom is -0.489 e. The van der Waals surface area contributed by atoms with Crippen LogP contribution in [0.4, 0.5) is 0 Å². The van der Waals surface area contributed by atoms with Gasteiger partial charge in [0.2, 0.25) is 0 Å². The summed E-state index contributed by atoms with van der Waals surface area (Å²) in [6.07, 6.45) is 4.11. The molecular formula is C10H14N2O5S. The van der Waals surface area contributed by atoms with E-state index in [1.165, 1.54) is 17.1 Å². The van der Waals surface area contributed by atoms with Crippen molar-refractivity contribution in [3.63, 3.8) is 0 Å². The van der Waals surface area contributed by atoms with Gasteiger partial charge in [0.1, 0.15) is 13.2 Å². The molecule has 0 amide bonds. The van der Waals surface area contributed by atoms with Gasteiger partial charge in [0, 0.05) is 0 Å². The standard InChI is InChI=1S/C10H14N2O5S/c13-10(14)6-12-5-8(4-11-12)17-7-9-2-1-3-18(9,15)16/h4-5,9H,1-3,6-7H2,(H,13,14). The van der Waals surface area contributed by atoms with Crippen molar-refractivity contribution in [2.45, 2.75) is 24.6 Å². The molecule has 0 aliphatic carbocycles. The van der Waals surface area contributed by atoms with Crippen molar-refractivity contribution >= 4 is 15.8 Å². The third-order valence-corrected chi connectivity index (χ3v) is 5.05. The highest BCUT2D eigenvalue weighted by Crippen LogP contribution is 2.21. The molecule has 2 heterocycles. The largest absolute Gasteiger partial charge is 0.489 e. The van der Waals surface area contributed by atoms with E-state index in [0.717, 1.165) is 0 Å². The van der Waals surface area contributed by atoms with Gasteiger partial charge in [-0.05, 0) is 12.8 Å². The van der Waals surface area contributed by atoms with E-state index in [9.17, 15) is 13.2 Å². The van der Waals surface area contributed by atoms with Crippen LogP contribution >= 0.6 is 0 Å². The molecule has 1 aromatic rings. The molecule has 1 aliphatic heterocycles. The van der Waals surface area contributed by atoms with Gasteiger partial charge >= 0.3 is 5.97 Å². The molecule has 0 aromatic carbocycles. The van der Waals surface area contributed by atoms with E-state index in [0.29, 0.717) is 18.6 Å². The lowest BCUT2D eigenvalue weighted by atomic mass is 10.3. The van der Waals surface area contributed by atoms with E-state index in [-0.39, 0.29) is 18.9 Å². The van der Waals surface area contributed by atoms with Gasteiger partial charge in [0.05, 0.1) is 23.4 Å². The van der Waals surface area contributed by atoms with Gasteiger partial charge in [-0.25, -0.2) is 8.42 Å². The smallest absolute Gasteiger partial charge is 0.325 e. The summed E-state index contributed by atoms with van der Waals surface area (Å²) in [6.45, 7) is -0.147. The Morgan fingerprint density at radius 2 is 2.39 bits per heavy atom. The first-order valence-electron chi connectivity index (χ1n) is 5.56. The number of ether oxygens (including phenoxy) is 1. The van der Waals surface area contributed by atoms with Crippen molar-refractivity contribution in [1.29, 1.82) is 0 Å². The summed E-state index contributed by atoms with van der Waals surface area (Å²) in [6, 6.07) is 0. The lowest BCUT2D eigenvalue weighted by molar-refractivity contribution is -0.137. The summed E-state index contributed by atoms with van der Waals surface area (Å²) < 4.78 is 29.7. The molecule has 18 heavy (non-hydrogen) atoms. The molecule has 0 radical (unpaired) electrons. The van der Waals surface area contributed by atoms with Crippen LogP contribution in [0.2, 0.25) is 0 Å². The van der Waals surface area contributed by atoms with E-state index in [4.69, 9.17) is 9.84 Å². The number of carbonyl (C=O) groups is 1. The first-order valence-corrected chi connectivity index (χ1v) is 7.27. The molecule has 0 saturated carbocycles. The first kappa shape index (κ1) is 12.9. The van der Waals surface area contributed by atoms with Crippen LogP contribution < -0.4 is 4.74 Å². The number of hydrogen-bond acceptors (Lipinski definition) is 5. The van der Waals surface area contributed by atoms with Crippen molar-refractivity contribution < 1.29 is 23.1 Å². The molecular weight excluding hydrogens is 260 g/mol. The number of carboxylic acid groups (broad SMARTS) is 1. The Hall–Kier alpha value is -1.57. The molecule has 2 rings (SSSR count). The van der Waals surface area contributed by atoms with Gasteiger partial charge in [-0.3, -0.25) is 9.48 Å². The summed E-state index contributed by atoms with van der Waals surface area (Å²) in [5.41, 5.74) is 0. The second-order valence-electron chi connectivity index (χ2n) is 4.21. The van der Waals surface area contributed by atoms with Crippen LogP contribution in [-0.2, 0) is 21.2 Å². The number of sulfone groups is 1. The molecule has 1 aromatic heterocycles. The zero-order valence-corrected chi connectivity index (χ0v) is 10.5. The highest BCUT2D eigenvalue weighted by molar-refractivity contribution is 7.92. The Labute approximate surface area is 104 Å². The quantitative estimate of drug-likeness (QED) is 0.806. The van der Waals surface area contributed by atoms with Crippen molar-refractivity contribution in [1.82, 2.24) is 9.78 Å². The third-order valence-electron chi connectivity index (χ3n) is 2.81. The molecule has 100 valence electrons. The fourth-order valence-corrected chi connectivity index (χ4v) is 3.58. The number of carboxylic acids is 1. The van der Waals surface area contributed by atoms with Crippen LogP contribution in [0.5, 0.6) is 5.75 Å². The Kier molecular flexibility index (Phi) is 3.55. The lowest BCUT2D eigenvalue weighted by Crippen LogP contribution is -2.23. The first-order chi connectivity index (χ1) is 8.47. The second kappa shape index (κ2) is 4.97. The van der Waals surface area contributed by atoms with Crippen molar-refractivity contribution in [3.05, 3.63) is 12.4 Å². The molecule has 7 nitrogen and oxygen atoms in total. The maximum absolute atomic E-state index is 11.6. The Bertz CT molecular complexity index is 536. The van der Waals surface area contributed by atoms with Crippen LogP contribution in [0.3, 0.4) is 0 Å². The molecule has 1 aliphatic rings. The molecule has 0 spiro atoms. The zero-order chi connectivity index (χ0) is 13.2. The van der Waals surface area contributed by atoms with Gasteiger partial charge < -0.3 is 9.84 Å². The van der Waals surface area contributed by atoms with Gasteiger partial charge in [-0.1, -0.05) is 0 Å². The van der Waals surface area contributed by atoms with Crippen LogP contribution in [0, 0.1) is 0 Å². The lowest BCUT2D eigenvalue weighted by Gasteiger charge is -2.09. The van der Waals surface area contributed by atoms with Crippen LogP contribution in [0.25, 0.3) is 0 Å². The van der Waals surface area contributed by atoms with Crippen LogP contribution in [0.1, 0.15) is 12.8 Å². The van der Waals surface area contributed by atoms with Crippen LogP contribution in [-0.4, -0.2) is 46.9 Å². The van der Waals surface area contributed by atoms with Gasteiger partial charge in [0.15, 0.2) is 15.6 Å². The van der Waals surface area contributed by atoms with Gasteiger partial charge in [0.25, 0.3) is 0 Å². The Balaban J connectivity index is 1.90. The zero-order valence-electron chi connectivity index (χ0n) is 9.65. The normalized spacial score (nSPS) is 21.9. The summed E-state index contributed by atoms with van der Waals surface area (Å²) in [4.78, 5) is 10.4. The Morgan fingerprint density at radius 1 is 1.61 bits per heavy atom. The monoisotopic (exact) mass is 274 g/mol. The molecule has 1 saturated heterocycles. The van der Waals surface area contributed by atoms with Crippen molar-refractivity contribution in [3.8, 4) is 5.75 Å². The van der Waals surface area contributed by atoms with E-state index < -0.39 is 21.1 Å². The number of aliphatic carboxylic acids is 1. The molecule has 1 fully saturated rings. The molecule has 0 bridgehead atoms. The maximum Gasteiger partial charge on any atom is 0.325 e. The van der Waals surface area contributed by atoms with E-state index in [1.54, 1.807) is 0 Å². The number of rotatable bonds is 5. The highest BCUT2D eigenvalue weighted by atomic mass is 32.2. The number of nitrogens with zero attached hydrogens (tertiary/aromatic N) is 2. The minimum atomic E-state index is -3.02. The second-order valence-corrected chi connectivity index (χ2v) is 6.61. The topological polar surface area (TPSA) is 98.5 Å². The molecule has 1 atom stereocenters. The minimum absolute atomic E-state index is 0.0983. The van der Waals surface area contributed by atoms with Crippen molar-refractivity contribution in [2.24, 2.45) is 0 Å². The number of aromatic nitrogens is 2.